The second kappa shape index (κ2) is 7.37. The maximum atomic E-state index is 12.4. The zero-order chi connectivity index (χ0) is 15.2. The van der Waals surface area contributed by atoms with Gasteiger partial charge >= 0.3 is 11.8 Å². The molecule has 8 heteroatoms. The van der Waals surface area contributed by atoms with Crippen molar-refractivity contribution in [2.45, 2.75) is 12.5 Å². The zero-order valence-corrected chi connectivity index (χ0v) is 12.3. The van der Waals surface area contributed by atoms with Gasteiger partial charge in [0.25, 0.3) is 0 Å². The van der Waals surface area contributed by atoms with Gasteiger partial charge < -0.3 is 25.2 Å². The third kappa shape index (κ3) is 3.70. The Labute approximate surface area is 123 Å². The van der Waals surface area contributed by atoms with Gasteiger partial charge in [-0.15, -0.1) is 0 Å². The first kappa shape index (κ1) is 15.7. The molecule has 0 bridgehead atoms. The van der Waals surface area contributed by atoms with Crippen LogP contribution >= 0.6 is 0 Å². The lowest BCUT2D eigenvalue weighted by Gasteiger charge is -2.34. The van der Waals surface area contributed by atoms with Crippen LogP contribution in [-0.4, -0.2) is 86.5 Å². The molecule has 0 spiro atoms. The van der Waals surface area contributed by atoms with Gasteiger partial charge in [-0.25, -0.2) is 0 Å². The van der Waals surface area contributed by atoms with Gasteiger partial charge in [-0.2, -0.15) is 0 Å². The highest BCUT2D eigenvalue weighted by molar-refractivity contribution is 6.35. The van der Waals surface area contributed by atoms with Gasteiger partial charge in [0.2, 0.25) is 5.91 Å². The molecule has 0 aliphatic carbocycles. The Bertz CT molecular complexity index is 407. The van der Waals surface area contributed by atoms with E-state index in [9.17, 15) is 14.4 Å². The average molecular weight is 298 g/mol. The molecular weight excluding hydrogens is 276 g/mol. The van der Waals surface area contributed by atoms with E-state index >= 15 is 0 Å². The third-order valence-electron chi connectivity index (χ3n) is 3.75. The molecule has 2 heterocycles. The second-order valence-electron chi connectivity index (χ2n) is 5.10. The van der Waals surface area contributed by atoms with Crippen molar-refractivity contribution in [3.8, 4) is 0 Å². The Hall–Kier alpha value is -1.67. The van der Waals surface area contributed by atoms with Gasteiger partial charge in [0, 0.05) is 33.2 Å². The maximum Gasteiger partial charge on any atom is 0.312 e. The molecule has 2 aliphatic heterocycles. The van der Waals surface area contributed by atoms with Crippen molar-refractivity contribution < 1.29 is 19.1 Å². The third-order valence-corrected chi connectivity index (χ3v) is 3.75. The van der Waals surface area contributed by atoms with Gasteiger partial charge in [0.15, 0.2) is 0 Å². The number of carbonyl (C=O) groups excluding carboxylic acids is 3. The van der Waals surface area contributed by atoms with Crippen LogP contribution in [0.1, 0.15) is 6.42 Å². The number of rotatable bonds is 1. The van der Waals surface area contributed by atoms with E-state index in [1.807, 2.05) is 0 Å². The molecule has 0 radical (unpaired) electrons. The maximum absolute atomic E-state index is 12.4. The summed E-state index contributed by atoms with van der Waals surface area (Å²) in [5.41, 5.74) is 0. The molecule has 3 amide bonds. The Kier molecular flexibility index (Phi) is 5.51. The first-order valence-corrected chi connectivity index (χ1v) is 7.25. The Morgan fingerprint density at radius 3 is 2.71 bits per heavy atom. The molecule has 1 atom stereocenters. The highest BCUT2D eigenvalue weighted by Crippen LogP contribution is 2.10. The summed E-state index contributed by atoms with van der Waals surface area (Å²) < 4.78 is 5.24. The van der Waals surface area contributed by atoms with Crippen LogP contribution in [-0.2, 0) is 19.1 Å². The quantitative estimate of drug-likeness (QED) is 0.535. The predicted octanol–water partition coefficient (Wildman–Crippen LogP) is -2.22. The number of nitrogens with zero attached hydrogens (tertiary/aromatic N) is 2. The van der Waals surface area contributed by atoms with E-state index in [2.05, 4.69) is 10.6 Å². The monoisotopic (exact) mass is 298 g/mol. The lowest BCUT2D eigenvalue weighted by atomic mass is 10.2. The van der Waals surface area contributed by atoms with Crippen molar-refractivity contribution >= 4 is 17.7 Å². The fourth-order valence-corrected chi connectivity index (χ4v) is 2.54. The van der Waals surface area contributed by atoms with Crippen molar-refractivity contribution in [2.75, 3.05) is 53.0 Å². The molecule has 2 rings (SSSR count). The standard InChI is InChI=1S/C13H22N4O4/c1-14-11(18)10-9-21-8-7-17(10)13(20)12(19)16-5-2-3-15-4-6-16/h10,15H,2-9H2,1H3,(H,14,18). The van der Waals surface area contributed by atoms with Crippen LogP contribution in [0.5, 0.6) is 0 Å². The SMILES string of the molecule is CNC(=O)C1COCCN1C(=O)C(=O)N1CCCNCC1. The topological polar surface area (TPSA) is 91.0 Å². The first-order valence-electron chi connectivity index (χ1n) is 7.25. The summed E-state index contributed by atoms with van der Waals surface area (Å²) >= 11 is 0. The summed E-state index contributed by atoms with van der Waals surface area (Å²) in [4.78, 5) is 39.5. The van der Waals surface area contributed by atoms with Gasteiger partial charge in [-0.3, -0.25) is 14.4 Å². The normalized spacial score (nSPS) is 23.4. The highest BCUT2D eigenvalue weighted by Gasteiger charge is 2.37. The van der Waals surface area contributed by atoms with Crippen molar-refractivity contribution in [3.63, 3.8) is 0 Å². The number of hydrogen-bond acceptors (Lipinski definition) is 5. The smallest absolute Gasteiger partial charge is 0.312 e. The minimum absolute atomic E-state index is 0.125. The average Bonchev–Trinajstić information content (AvgIpc) is 2.82. The fraction of sp³-hybridized carbons (Fsp3) is 0.769. The Balaban J connectivity index is 2.05. The molecule has 118 valence electrons. The van der Waals surface area contributed by atoms with Gasteiger partial charge in [0.1, 0.15) is 6.04 Å². The molecule has 2 aliphatic rings. The number of nitrogens with one attached hydrogen (secondary N) is 2. The summed E-state index contributed by atoms with van der Waals surface area (Å²) in [7, 11) is 1.50. The zero-order valence-electron chi connectivity index (χ0n) is 12.3. The minimum atomic E-state index is -0.731. The van der Waals surface area contributed by atoms with E-state index in [-0.39, 0.29) is 19.1 Å². The number of amides is 3. The van der Waals surface area contributed by atoms with Crippen molar-refractivity contribution in [1.82, 2.24) is 20.4 Å². The Morgan fingerprint density at radius 1 is 1.14 bits per heavy atom. The second-order valence-corrected chi connectivity index (χ2v) is 5.10. The molecule has 2 saturated heterocycles. The van der Waals surface area contributed by atoms with Crippen LogP contribution in [0.25, 0.3) is 0 Å². The van der Waals surface area contributed by atoms with E-state index in [1.165, 1.54) is 11.9 Å². The van der Waals surface area contributed by atoms with Crippen LogP contribution in [0, 0.1) is 0 Å². The van der Waals surface area contributed by atoms with Crippen molar-refractivity contribution in [2.24, 2.45) is 0 Å². The highest BCUT2D eigenvalue weighted by atomic mass is 16.5. The van der Waals surface area contributed by atoms with Crippen LogP contribution in [0.3, 0.4) is 0 Å². The molecule has 21 heavy (non-hydrogen) atoms. The predicted molar refractivity (Wildman–Crippen MR) is 74.5 cm³/mol. The number of carbonyl (C=O) groups is 3. The van der Waals surface area contributed by atoms with Crippen LogP contribution in [0.4, 0.5) is 0 Å². The largest absolute Gasteiger partial charge is 0.377 e. The molecule has 2 fully saturated rings. The van der Waals surface area contributed by atoms with Gasteiger partial charge in [-0.05, 0) is 13.0 Å². The summed E-state index contributed by atoms with van der Waals surface area (Å²) in [6.07, 6.45) is 0.820. The molecule has 8 nitrogen and oxygen atoms in total. The van der Waals surface area contributed by atoms with E-state index in [4.69, 9.17) is 4.74 Å². The molecular formula is C13H22N4O4. The fourth-order valence-electron chi connectivity index (χ4n) is 2.54. The van der Waals surface area contributed by atoms with E-state index < -0.39 is 17.9 Å². The van der Waals surface area contributed by atoms with Gasteiger partial charge in [0.05, 0.1) is 13.2 Å². The first-order chi connectivity index (χ1) is 10.1. The number of likely N-dealkylation sites (N-methyl/N-ethyl adjacent to an activating group) is 1. The van der Waals surface area contributed by atoms with Crippen LogP contribution < -0.4 is 10.6 Å². The van der Waals surface area contributed by atoms with Crippen LogP contribution in [0.2, 0.25) is 0 Å². The van der Waals surface area contributed by atoms with Crippen molar-refractivity contribution in [3.05, 3.63) is 0 Å². The Morgan fingerprint density at radius 2 is 1.95 bits per heavy atom. The summed E-state index contributed by atoms with van der Waals surface area (Å²) in [6, 6.07) is -0.731. The molecule has 0 aromatic heterocycles. The molecule has 0 aromatic rings. The lowest BCUT2D eigenvalue weighted by molar-refractivity contribution is -0.159. The van der Waals surface area contributed by atoms with Gasteiger partial charge in [-0.1, -0.05) is 0 Å². The van der Waals surface area contributed by atoms with E-state index in [0.717, 1.165) is 13.0 Å². The van der Waals surface area contributed by atoms with E-state index in [1.54, 1.807) is 4.90 Å². The minimum Gasteiger partial charge on any atom is -0.377 e. The number of morpholine rings is 1. The number of hydrogen-bond donors (Lipinski definition) is 2. The summed E-state index contributed by atoms with van der Waals surface area (Å²) in [5, 5.41) is 5.68. The lowest BCUT2D eigenvalue weighted by Crippen LogP contribution is -2.58. The summed E-state index contributed by atoms with van der Waals surface area (Å²) in [5.74, 6) is -1.46. The molecule has 0 aromatic carbocycles. The van der Waals surface area contributed by atoms with E-state index in [0.29, 0.717) is 26.2 Å². The van der Waals surface area contributed by atoms with Crippen molar-refractivity contribution in [1.29, 1.82) is 0 Å². The number of ether oxygens (including phenoxy) is 1. The summed E-state index contributed by atoms with van der Waals surface area (Å²) in [6.45, 7) is 3.33. The van der Waals surface area contributed by atoms with Crippen LogP contribution in [0.15, 0.2) is 0 Å². The molecule has 1 unspecified atom stereocenters. The molecule has 0 saturated carbocycles. The molecule has 2 N–H and O–H groups in total.